The highest BCUT2D eigenvalue weighted by atomic mass is 16.3. The van der Waals surface area contributed by atoms with Crippen LogP contribution in [0.25, 0.3) is 0 Å². The van der Waals surface area contributed by atoms with Gasteiger partial charge in [-0.3, -0.25) is 4.79 Å². The summed E-state index contributed by atoms with van der Waals surface area (Å²) < 4.78 is 0. The van der Waals surface area contributed by atoms with Crippen molar-refractivity contribution in [1.29, 1.82) is 0 Å². The van der Waals surface area contributed by atoms with Crippen molar-refractivity contribution < 1.29 is 9.90 Å². The molecule has 0 atom stereocenters. The molecule has 144 valence electrons. The third kappa shape index (κ3) is 19.7. The van der Waals surface area contributed by atoms with Gasteiger partial charge in [0.2, 0.25) is 0 Å². The molecule has 0 unspecified atom stereocenters. The minimum atomic E-state index is -0.841. The van der Waals surface area contributed by atoms with E-state index in [0.29, 0.717) is 12.8 Å². The summed E-state index contributed by atoms with van der Waals surface area (Å²) in [5.74, 6) is 0.206. The molecule has 1 N–H and O–H groups in total. The van der Waals surface area contributed by atoms with Crippen LogP contribution in [0.4, 0.5) is 0 Å². The van der Waals surface area contributed by atoms with Gasteiger partial charge >= 0.3 is 0 Å². The number of carbonyl (C=O) groups is 1. The Morgan fingerprint density at radius 3 is 1.33 bits per heavy atom. The minimum Gasteiger partial charge on any atom is -0.390 e. The molecular weight excluding hydrogens is 296 g/mol. The summed E-state index contributed by atoms with van der Waals surface area (Å²) in [6, 6.07) is 0. The molecule has 0 aliphatic heterocycles. The first kappa shape index (κ1) is 23.6. The molecule has 0 rings (SSSR count). The summed E-state index contributed by atoms with van der Waals surface area (Å²) in [4.78, 5) is 11.6. The van der Waals surface area contributed by atoms with Crippen LogP contribution in [-0.2, 0) is 4.79 Å². The lowest BCUT2D eigenvalue weighted by Gasteiger charge is -2.15. The number of ketones is 1. The van der Waals surface area contributed by atoms with Crippen molar-refractivity contribution in [1.82, 2.24) is 0 Å². The van der Waals surface area contributed by atoms with Crippen molar-refractivity contribution in [2.75, 3.05) is 0 Å². The van der Waals surface area contributed by atoms with Gasteiger partial charge in [-0.05, 0) is 20.3 Å². The minimum absolute atomic E-state index is 0.206. The van der Waals surface area contributed by atoms with Gasteiger partial charge in [0.05, 0.1) is 5.60 Å². The van der Waals surface area contributed by atoms with Crippen molar-refractivity contribution in [3.05, 3.63) is 0 Å². The van der Waals surface area contributed by atoms with Crippen molar-refractivity contribution in [2.24, 2.45) is 0 Å². The summed E-state index contributed by atoms with van der Waals surface area (Å²) in [6.07, 6.45) is 21.1. The Bertz CT molecular complexity index is 278. The maximum Gasteiger partial charge on any atom is 0.135 e. The zero-order valence-electron chi connectivity index (χ0n) is 16.9. The lowest BCUT2D eigenvalue weighted by atomic mass is 9.98. The fourth-order valence-electron chi connectivity index (χ4n) is 3.26. The largest absolute Gasteiger partial charge is 0.390 e. The molecule has 0 bridgehead atoms. The van der Waals surface area contributed by atoms with E-state index in [1.807, 2.05) is 0 Å². The van der Waals surface area contributed by atoms with Crippen LogP contribution in [0.2, 0.25) is 0 Å². The molecule has 0 spiro atoms. The van der Waals surface area contributed by atoms with E-state index in [1.165, 1.54) is 83.5 Å². The van der Waals surface area contributed by atoms with E-state index in [4.69, 9.17) is 0 Å². The Morgan fingerprint density at radius 1 is 0.667 bits per heavy atom. The van der Waals surface area contributed by atoms with Gasteiger partial charge in [-0.25, -0.2) is 0 Å². The van der Waals surface area contributed by atoms with E-state index in [0.717, 1.165) is 12.8 Å². The molecule has 0 aromatic heterocycles. The highest BCUT2D eigenvalue weighted by Gasteiger charge is 2.17. The molecule has 0 aromatic rings. The highest BCUT2D eigenvalue weighted by Crippen LogP contribution is 2.15. The van der Waals surface area contributed by atoms with E-state index in [1.54, 1.807) is 13.8 Å². The van der Waals surface area contributed by atoms with E-state index in [9.17, 15) is 9.90 Å². The van der Waals surface area contributed by atoms with Crippen LogP contribution in [0.3, 0.4) is 0 Å². The standard InChI is InChI=1S/C22H44O2/c1-4-5-6-7-8-9-10-11-12-13-14-15-16-17-18-19-21(23)20-22(2,3)24/h24H,4-20H2,1-3H3. The van der Waals surface area contributed by atoms with Crippen LogP contribution in [-0.4, -0.2) is 16.5 Å². The Kier molecular flexibility index (Phi) is 15.9. The molecule has 2 heteroatoms. The molecule has 0 aliphatic carbocycles. The van der Waals surface area contributed by atoms with Crippen molar-refractivity contribution >= 4 is 5.78 Å². The van der Waals surface area contributed by atoms with Crippen LogP contribution in [0.15, 0.2) is 0 Å². The fourth-order valence-corrected chi connectivity index (χ4v) is 3.26. The Labute approximate surface area is 151 Å². The van der Waals surface area contributed by atoms with E-state index in [-0.39, 0.29) is 5.78 Å². The van der Waals surface area contributed by atoms with Crippen molar-refractivity contribution in [3.8, 4) is 0 Å². The van der Waals surface area contributed by atoms with E-state index >= 15 is 0 Å². The molecule has 0 saturated heterocycles. The van der Waals surface area contributed by atoms with Crippen LogP contribution < -0.4 is 0 Å². The summed E-state index contributed by atoms with van der Waals surface area (Å²) >= 11 is 0. The van der Waals surface area contributed by atoms with Crippen LogP contribution in [0, 0.1) is 0 Å². The van der Waals surface area contributed by atoms with Crippen LogP contribution >= 0.6 is 0 Å². The smallest absolute Gasteiger partial charge is 0.135 e. The summed E-state index contributed by atoms with van der Waals surface area (Å²) in [7, 11) is 0. The molecular formula is C22H44O2. The number of rotatable bonds is 18. The van der Waals surface area contributed by atoms with Gasteiger partial charge in [-0.15, -0.1) is 0 Å². The number of hydrogen-bond acceptors (Lipinski definition) is 2. The van der Waals surface area contributed by atoms with Crippen molar-refractivity contribution in [3.63, 3.8) is 0 Å². The molecule has 0 fully saturated rings. The first-order chi connectivity index (χ1) is 11.5. The van der Waals surface area contributed by atoms with Gasteiger partial charge in [0.25, 0.3) is 0 Å². The third-order valence-corrected chi connectivity index (χ3v) is 4.69. The molecule has 0 saturated carbocycles. The SMILES string of the molecule is CCCCCCCCCCCCCCCCCC(=O)CC(C)(C)O. The van der Waals surface area contributed by atoms with Gasteiger partial charge in [-0.1, -0.05) is 96.8 Å². The topological polar surface area (TPSA) is 37.3 Å². The fraction of sp³-hybridized carbons (Fsp3) is 0.955. The maximum absolute atomic E-state index is 11.6. The number of Topliss-reactive ketones (excluding diaryl/α,β-unsaturated/α-hetero) is 1. The Balaban J connectivity index is 3.14. The van der Waals surface area contributed by atoms with E-state index in [2.05, 4.69) is 6.92 Å². The van der Waals surface area contributed by atoms with Crippen LogP contribution in [0.1, 0.15) is 130 Å². The molecule has 2 nitrogen and oxygen atoms in total. The number of aliphatic hydroxyl groups is 1. The van der Waals surface area contributed by atoms with Gasteiger partial charge in [0, 0.05) is 12.8 Å². The zero-order valence-corrected chi connectivity index (χ0v) is 16.9. The first-order valence-corrected chi connectivity index (χ1v) is 10.7. The molecule has 0 heterocycles. The van der Waals surface area contributed by atoms with Gasteiger partial charge in [-0.2, -0.15) is 0 Å². The first-order valence-electron chi connectivity index (χ1n) is 10.7. The lowest BCUT2D eigenvalue weighted by molar-refractivity contribution is -0.122. The summed E-state index contributed by atoms with van der Waals surface area (Å²) in [5.41, 5.74) is -0.841. The highest BCUT2D eigenvalue weighted by molar-refractivity contribution is 5.79. The average Bonchev–Trinajstić information content (AvgIpc) is 2.49. The zero-order chi connectivity index (χ0) is 18.1. The molecule has 0 amide bonds. The molecule has 0 aromatic carbocycles. The summed E-state index contributed by atoms with van der Waals surface area (Å²) in [5, 5.41) is 9.59. The summed E-state index contributed by atoms with van der Waals surface area (Å²) in [6.45, 7) is 5.69. The molecule has 0 aliphatic rings. The number of hydrogen-bond donors (Lipinski definition) is 1. The Morgan fingerprint density at radius 2 is 1.00 bits per heavy atom. The molecule has 0 radical (unpaired) electrons. The molecule has 24 heavy (non-hydrogen) atoms. The predicted molar refractivity (Wildman–Crippen MR) is 105 cm³/mol. The maximum atomic E-state index is 11.6. The van der Waals surface area contributed by atoms with Crippen molar-refractivity contribution in [2.45, 2.75) is 136 Å². The van der Waals surface area contributed by atoms with Gasteiger partial charge in [0.1, 0.15) is 5.78 Å². The van der Waals surface area contributed by atoms with E-state index < -0.39 is 5.60 Å². The predicted octanol–water partition coefficient (Wildman–Crippen LogP) is 6.98. The second-order valence-electron chi connectivity index (χ2n) is 8.23. The monoisotopic (exact) mass is 340 g/mol. The average molecular weight is 341 g/mol. The third-order valence-electron chi connectivity index (χ3n) is 4.69. The number of carbonyl (C=O) groups excluding carboxylic acids is 1. The van der Waals surface area contributed by atoms with Crippen LogP contribution in [0.5, 0.6) is 0 Å². The number of unbranched alkanes of at least 4 members (excludes halogenated alkanes) is 14. The second-order valence-corrected chi connectivity index (χ2v) is 8.23. The van der Waals surface area contributed by atoms with Gasteiger partial charge < -0.3 is 5.11 Å². The second kappa shape index (κ2) is 16.1. The quantitative estimate of drug-likeness (QED) is 0.273. The Hall–Kier alpha value is -0.370. The van der Waals surface area contributed by atoms with Gasteiger partial charge in [0.15, 0.2) is 0 Å². The normalized spacial score (nSPS) is 11.8. The lowest BCUT2D eigenvalue weighted by Crippen LogP contribution is -2.23.